The van der Waals surface area contributed by atoms with Crippen molar-refractivity contribution >= 4 is 11.8 Å². The van der Waals surface area contributed by atoms with Crippen molar-refractivity contribution in [3.8, 4) is 22.6 Å². The van der Waals surface area contributed by atoms with E-state index in [-0.39, 0.29) is 0 Å². The Labute approximate surface area is 137 Å². The van der Waals surface area contributed by atoms with Crippen LogP contribution in [0.1, 0.15) is 0 Å². The largest absolute Gasteiger partial charge is 0.497 e. The van der Waals surface area contributed by atoms with Gasteiger partial charge in [0.1, 0.15) is 11.5 Å². The zero-order chi connectivity index (χ0) is 16.4. The second-order valence-corrected chi connectivity index (χ2v) is 5.95. The van der Waals surface area contributed by atoms with Gasteiger partial charge < -0.3 is 9.47 Å². The molecule has 3 rings (SSSR count). The van der Waals surface area contributed by atoms with Gasteiger partial charge in [-0.05, 0) is 42.0 Å². The maximum Gasteiger partial charge on any atom is 0.241 e. The van der Waals surface area contributed by atoms with Gasteiger partial charge in [0.25, 0.3) is 0 Å². The fourth-order valence-electron chi connectivity index (χ4n) is 2.25. The van der Waals surface area contributed by atoms with Gasteiger partial charge in [0.05, 0.1) is 24.7 Å². The van der Waals surface area contributed by atoms with Crippen LogP contribution in [0.15, 0.2) is 67.9 Å². The second-order valence-electron chi connectivity index (χ2n) is 4.87. The van der Waals surface area contributed by atoms with Crippen LogP contribution in [-0.2, 0) is 0 Å². The summed E-state index contributed by atoms with van der Waals surface area (Å²) in [6.45, 7) is 0. The third-order valence-corrected chi connectivity index (χ3v) is 4.63. The highest BCUT2D eigenvalue weighted by molar-refractivity contribution is 7.99. The minimum absolute atomic E-state index is 0.434. The predicted molar refractivity (Wildman–Crippen MR) is 90.5 cm³/mol. The van der Waals surface area contributed by atoms with E-state index in [1.165, 1.54) is 11.8 Å². The first-order valence-electron chi connectivity index (χ1n) is 6.93. The molecular formula is C18H14O4S. The molecule has 0 amide bonds. The number of hydrogen-bond acceptors (Lipinski definition) is 5. The highest BCUT2D eigenvalue weighted by atomic mass is 32.2. The molecule has 0 heterocycles. The van der Waals surface area contributed by atoms with Gasteiger partial charge in [0, 0.05) is 4.90 Å². The van der Waals surface area contributed by atoms with Crippen LogP contribution in [0.4, 0.5) is 0 Å². The standard InChI is InChI=1S/C18H14O4S/c1-21-12-5-3-11(4-6-12)15-16(19)17(20)18(15)23-14-9-7-13(22-2)8-10-14/h3-10H,1-2H3. The summed E-state index contributed by atoms with van der Waals surface area (Å²) in [5.41, 5.74) is 0.327. The molecule has 0 spiro atoms. The molecule has 5 heteroatoms. The average molecular weight is 326 g/mol. The van der Waals surface area contributed by atoms with Gasteiger partial charge in [0.15, 0.2) is 0 Å². The lowest BCUT2D eigenvalue weighted by Gasteiger charge is -2.11. The minimum atomic E-state index is -0.439. The van der Waals surface area contributed by atoms with Crippen molar-refractivity contribution in [1.82, 2.24) is 0 Å². The maximum atomic E-state index is 11.9. The Balaban J connectivity index is 1.92. The molecule has 0 N–H and O–H groups in total. The van der Waals surface area contributed by atoms with Crippen LogP contribution in [0.2, 0.25) is 0 Å². The Morgan fingerprint density at radius 2 is 1.26 bits per heavy atom. The van der Waals surface area contributed by atoms with Crippen LogP contribution >= 0.6 is 11.8 Å². The lowest BCUT2D eigenvalue weighted by Crippen LogP contribution is -2.34. The third kappa shape index (κ3) is 2.87. The molecule has 0 radical (unpaired) electrons. The van der Waals surface area contributed by atoms with Crippen molar-refractivity contribution in [2.45, 2.75) is 9.79 Å². The van der Waals surface area contributed by atoms with Crippen molar-refractivity contribution in [3.63, 3.8) is 0 Å². The Hall–Kier alpha value is -2.53. The van der Waals surface area contributed by atoms with E-state index in [0.29, 0.717) is 16.2 Å². The van der Waals surface area contributed by atoms with Gasteiger partial charge in [-0.3, -0.25) is 9.59 Å². The smallest absolute Gasteiger partial charge is 0.241 e. The molecule has 0 aliphatic heterocycles. The van der Waals surface area contributed by atoms with E-state index < -0.39 is 10.9 Å². The summed E-state index contributed by atoms with van der Waals surface area (Å²) in [7, 11) is 3.18. The van der Waals surface area contributed by atoms with Gasteiger partial charge in [0.2, 0.25) is 10.9 Å². The van der Waals surface area contributed by atoms with E-state index >= 15 is 0 Å². The highest BCUT2D eigenvalue weighted by Crippen LogP contribution is 2.34. The summed E-state index contributed by atoms with van der Waals surface area (Å²) in [6.07, 6.45) is 0. The van der Waals surface area contributed by atoms with Crippen molar-refractivity contribution < 1.29 is 9.47 Å². The van der Waals surface area contributed by atoms with E-state index in [2.05, 4.69) is 0 Å². The van der Waals surface area contributed by atoms with E-state index in [1.54, 1.807) is 38.5 Å². The molecule has 116 valence electrons. The first-order valence-corrected chi connectivity index (χ1v) is 7.75. The Kier molecular flexibility index (Phi) is 4.21. The van der Waals surface area contributed by atoms with Crippen LogP contribution in [0.3, 0.4) is 0 Å². The summed E-state index contributed by atoms with van der Waals surface area (Å²) in [5.74, 6) is 1.45. The molecule has 0 saturated carbocycles. The van der Waals surface area contributed by atoms with Gasteiger partial charge in [-0.2, -0.15) is 0 Å². The fraction of sp³-hybridized carbons (Fsp3) is 0.111. The lowest BCUT2D eigenvalue weighted by molar-refractivity contribution is 0.414. The summed E-state index contributed by atoms with van der Waals surface area (Å²) in [4.78, 5) is 25.2. The molecule has 0 unspecified atom stereocenters. The lowest BCUT2D eigenvalue weighted by atomic mass is 10.0. The van der Waals surface area contributed by atoms with Gasteiger partial charge in [-0.15, -0.1) is 0 Å². The van der Waals surface area contributed by atoms with Crippen LogP contribution in [0.5, 0.6) is 11.5 Å². The first kappa shape index (κ1) is 15.4. The van der Waals surface area contributed by atoms with Gasteiger partial charge in [-0.1, -0.05) is 23.9 Å². The second kappa shape index (κ2) is 6.30. The van der Waals surface area contributed by atoms with E-state index in [4.69, 9.17) is 9.47 Å². The molecule has 3 aromatic carbocycles. The van der Waals surface area contributed by atoms with E-state index in [9.17, 15) is 9.59 Å². The molecule has 23 heavy (non-hydrogen) atoms. The number of methoxy groups -OCH3 is 2. The van der Waals surface area contributed by atoms with Gasteiger partial charge in [-0.25, -0.2) is 0 Å². The summed E-state index contributed by atoms with van der Waals surface area (Å²) < 4.78 is 10.2. The van der Waals surface area contributed by atoms with Crippen molar-refractivity contribution in [2.75, 3.05) is 14.2 Å². The molecule has 0 aliphatic carbocycles. The molecule has 4 nitrogen and oxygen atoms in total. The van der Waals surface area contributed by atoms with Gasteiger partial charge >= 0.3 is 0 Å². The van der Waals surface area contributed by atoms with Crippen molar-refractivity contribution in [3.05, 3.63) is 69.0 Å². The Bertz CT molecular complexity index is 888. The SMILES string of the molecule is COc1ccc(Sc2c(-c3ccc(OC)cc3)c(=O)c2=O)cc1. The number of benzene rings is 2. The Morgan fingerprint density at radius 1 is 0.739 bits per heavy atom. The monoisotopic (exact) mass is 326 g/mol. The predicted octanol–water partition coefficient (Wildman–Crippen LogP) is 3.12. The van der Waals surface area contributed by atoms with Crippen LogP contribution in [-0.4, -0.2) is 14.2 Å². The third-order valence-electron chi connectivity index (χ3n) is 3.52. The number of rotatable bonds is 5. The Morgan fingerprint density at radius 3 is 1.78 bits per heavy atom. The first-order chi connectivity index (χ1) is 11.1. The number of ether oxygens (including phenoxy) is 2. The molecule has 0 saturated heterocycles. The molecule has 3 aromatic rings. The topological polar surface area (TPSA) is 52.6 Å². The molecule has 0 bridgehead atoms. The fourth-order valence-corrected chi connectivity index (χ4v) is 3.26. The van der Waals surface area contributed by atoms with Crippen LogP contribution in [0, 0.1) is 0 Å². The molecule has 0 atom stereocenters. The normalized spacial score (nSPS) is 10.7. The number of hydrogen-bond donors (Lipinski definition) is 0. The van der Waals surface area contributed by atoms with Crippen molar-refractivity contribution in [2.24, 2.45) is 0 Å². The van der Waals surface area contributed by atoms with Crippen LogP contribution < -0.4 is 20.3 Å². The summed E-state index contributed by atoms with van der Waals surface area (Å²) >= 11 is 1.30. The minimum Gasteiger partial charge on any atom is -0.497 e. The zero-order valence-corrected chi connectivity index (χ0v) is 13.5. The highest BCUT2D eigenvalue weighted by Gasteiger charge is 2.23. The van der Waals surface area contributed by atoms with E-state index in [1.807, 2.05) is 24.3 Å². The molecule has 0 fully saturated rings. The summed E-state index contributed by atoms with van der Waals surface area (Å²) in [6, 6.07) is 14.5. The zero-order valence-electron chi connectivity index (χ0n) is 12.7. The van der Waals surface area contributed by atoms with Crippen molar-refractivity contribution in [1.29, 1.82) is 0 Å². The average Bonchev–Trinajstić information content (AvgIpc) is 2.62. The molecule has 0 aromatic heterocycles. The van der Waals surface area contributed by atoms with Crippen LogP contribution in [0.25, 0.3) is 11.1 Å². The summed E-state index contributed by atoms with van der Waals surface area (Å²) in [5, 5.41) is 0. The quantitative estimate of drug-likeness (QED) is 0.674. The van der Waals surface area contributed by atoms with E-state index in [0.717, 1.165) is 16.2 Å². The molecular weight excluding hydrogens is 312 g/mol. The molecule has 0 aliphatic rings. The maximum absolute atomic E-state index is 11.9.